The summed E-state index contributed by atoms with van der Waals surface area (Å²) in [7, 11) is -4.47. The fourth-order valence-corrected chi connectivity index (χ4v) is 6.64. The molecule has 0 aromatic heterocycles. The van der Waals surface area contributed by atoms with E-state index in [0.717, 1.165) is 43.1 Å². The van der Waals surface area contributed by atoms with Gasteiger partial charge in [-0.1, -0.05) is 160 Å². The van der Waals surface area contributed by atoms with E-state index >= 15 is 0 Å². The SMILES string of the molecule is CCCCCCCCCCCCCc1cccc2cc(S(=O)(=O)[O-])cc(CCCCCCCCCCCCC)c12.[Na+]. The van der Waals surface area contributed by atoms with Gasteiger partial charge in [0.1, 0.15) is 10.1 Å². The van der Waals surface area contributed by atoms with E-state index in [-0.39, 0.29) is 34.5 Å². The predicted molar refractivity (Wildman–Crippen MR) is 172 cm³/mol. The molecular weight excluding hydrogens is 535 g/mol. The van der Waals surface area contributed by atoms with Crippen molar-refractivity contribution < 1.29 is 42.5 Å². The zero-order valence-electron chi connectivity index (χ0n) is 27.0. The molecule has 0 unspecified atom stereocenters. The number of hydrogen-bond acceptors (Lipinski definition) is 3. The second-order valence-corrected chi connectivity index (χ2v) is 13.5. The molecule has 0 saturated carbocycles. The zero-order chi connectivity index (χ0) is 28.9. The first-order valence-corrected chi connectivity index (χ1v) is 18.4. The second-order valence-electron chi connectivity index (χ2n) is 12.1. The van der Waals surface area contributed by atoms with Crippen LogP contribution in [0.25, 0.3) is 10.8 Å². The molecule has 2 aromatic rings. The van der Waals surface area contributed by atoms with E-state index in [2.05, 4.69) is 19.9 Å². The third kappa shape index (κ3) is 16.9. The summed E-state index contributed by atoms with van der Waals surface area (Å²) in [4.78, 5) is -0.0788. The standard InChI is InChI=1S/C36H60O3S.Na/c1-3-5-7-9-11-13-15-17-19-21-23-26-32-28-25-29-34-31-35(40(37,38)39)30-33(36(32)34)27-24-22-20-18-16-14-12-10-8-6-4-2;/h25,28-31H,3-24,26-27H2,1-2H3,(H,37,38,39);/q;+1/p-1. The molecule has 3 nitrogen and oxygen atoms in total. The molecule has 0 bridgehead atoms. The van der Waals surface area contributed by atoms with Crippen molar-refractivity contribution in [3.05, 3.63) is 41.5 Å². The van der Waals surface area contributed by atoms with E-state index in [9.17, 15) is 13.0 Å². The Morgan fingerprint density at radius 1 is 0.537 bits per heavy atom. The Bertz CT molecular complexity index is 1030. The molecule has 0 spiro atoms. The summed E-state index contributed by atoms with van der Waals surface area (Å²) >= 11 is 0. The van der Waals surface area contributed by atoms with Gasteiger partial charge in [0.2, 0.25) is 0 Å². The van der Waals surface area contributed by atoms with Gasteiger partial charge in [0.25, 0.3) is 0 Å². The fourth-order valence-electron chi connectivity index (χ4n) is 6.08. The minimum absolute atomic E-state index is 0. The van der Waals surface area contributed by atoms with Crippen LogP contribution in [0.1, 0.15) is 166 Å². The molecule has 0 N–H and O–H groups in total. The topological polar surface area (TPSA) is 57.2 Å². The van der Waals surface area contributed by atoms with Crippen molar-refractivity contribution in [3.63, 3.8) is 0 Å². The summed E-state index contributed by atoms with van der Waals surface area (Å²) in [5, 5.41) is 2.09. The first-order valence-electron chi connectivity index (χ1n) is 17.0. The fraction of sp³-hybridized carbons (Fsp3) is 0.722. The van der Waals surface area contributed by atoms with Crippen LogP contribution in [0.5, 0.6) is 0 Å². The summed E-state index contributed by atoms with van der Waals surface area (Å²) in [6.07, 6.45) is 30.7. The van der Waals surface area contributed by atoms with Crippen molar-refractivity contribution in [3.8, 4) is 0 Å². The van der Waals surface area contributed by atoms with E-state index < -0.39 is 10.1 Å². The molecule has 0 saturated heterocycles. The maximum atomic E-state index is 11.9. The Morgan fingerprint density at radius 3 is 1.34 bits per heavy atom. The minimum Gasteiger partial charge on any atom is -0.744 e. The third-order valence-corrected chi connectivity index (χ3v) is 9.32. The maximum Gasteiger partial charge on any atom is 1.00 e. The Balaban J connectivity index is 0.00000840. The molecule has 41 heavy (non-hydrogen) atoms. The zero-order valence-corrected chi connectivity index (χ0v) is 29.8. The summed E-state index contributed by atoms with van der Waals surface area (Å²) < 4.78 is 35.7. The quantitative estimate of drug-likeness (QED) is 0.0658. The molecule has 2 aromatic carbocycles. The van der Waals surface area contributed by atoms with Crippen LogP contribution in [0.15, 0.2) is 35.2 Å². The predicted octanol–water partition coefficient (Wildman–Crippen LogP) is 8.45. The summed E-state index contributed by atoms with van der Waals surface area (Å²) in [6.45, 7) is 4.53. The van der Waals surface area contributed by atoms with Crippen molar-refractivity contribution in [2.24, 2.45) is 0 Å². The molecule has 0 heterocycles. The van der Waals surface area contributed by atoms with Crippen molar-refractivity contribution in [2.45, 2.75) is 173 Å². The van der Waals surface area contributed by atoms with Crippen molar-refractivity contribution in [2.75, 3.05) is 0 Å². The van der Waals surface area contributed by atoms with Crippen LogP contribution in [-0.4, -0.2) is 13.0 Å². The number of aryl methyl sites for hydroxylation is 2. The first kappa shape index (κ1) is 38.6. The Morgan fingerprint density at radius 2 is 0.927 bits per heavy atom. The van der Waals surface area contributed by atoms with Crippen LogP contribution in [-0.2, 0) is 23.0 Å². The largest absolute Gasteiger partial charge is 1.00 e. The monoisotopic (exact) mass is 594 g/mol. The van der Waals surface area contributed by atoms with Gasteiger partial charge in [-0.15, -0.1) is 0 Å². The van der Waals surface area contributed by atoms with E-state index in [4.69, 9.17) is 0 Å². The first-order chi connectivity index (χ1) is 19.5. The van der Waals surface area contributed by atoms with Crippen molar-refractivity contribution in [1.29, 1.82) is 0 Å². The molecule has 0 fully saturated rings. The van der Waals surface area contributed by atoms with E-state index in [0.29, 0.717) is 0 Å². The van der Waals surface area contributed by atoms with Gasteiger partial charge < -0.3 is 4.55 Å². The summed E-state index contributed by atoms with van der Waals surface area (Å²) in [5.41, 5.74) is 2.35. The molecule has 0 atom stereocenters. The molecule has 2 rings (SSSR count). The maximum absolute atomic E-state index is 11.9. The van der Waals surface area contributed by atoms with Gasteiger partial charge in [-0.3, -0.25) is 0 Å². The smallest absolute Gasteiger partial charge is 0.744 e. The molecule has 0 amide bonds. The van der Waals surface area contributed by atoms with Gasteiger partial charge in [0, 0.05) is 0 Å². The van der Waals surface area contributed by atoms with Crippen LogP contribution >= 0.6 is 0 Å². The number of rotatable bonds is 25. The molecule has 228 valence electrons. The van der Waals surface area contributed by atoms with E-state index in [1.807, 2.05) is 12.1 Å². The van der Waals surface area contributed by atoms with E-state index in [1.54, 1.807) is 12.1 Å². The van der Waals surface area contributed by atoms with Crippen LogP contribution < -0.4 is 29.6 Å². The Labute approximate surface area is 276 Å². The van der Waals surface area contributed by atoms with Gasteiger partial charge in [0.05, 0.1) is 4.90 Å². The van der Waals surface area contributed by atoms with Gasteiger partial charge in [0.15, 0.2) is 0 Å². The summed E-state index contributed by atoms with van der Waals surface area (Å²) in [5.74, 6) is 0. The van der Waals surface area contributed by atoms with Crippen molar-refractivity contribution in [1.82, 2.24) is 0 Å². The van der Waals surface area contributed by atoms with Crippen LogP contribution in [0, 0.1) is 0 Å². The van der Waals surface area contributed by atoms with Gasteiger partial charge in [-0.05, 0) is 59.7 Å². The van der Waals surface area contributed by atoms with Crippen LogP contribution in [0.2, 0.25) is 0 Å². The molecule has 5 heteroatoms. The normalized spacial score (nSPS) is 11.7. The minimum atomic E-state index is -4.47. The summed E-state index contributed by atoms with van der Waals surface area (Å²) in [6, 6.07) is 9.45. The number of unbranched alkanes of at least 4 members (excludes halogenated alkanes) is 20. The van der Waals surface area contributed by atoms with Gasteiger partial charge in [-0.25, -0.2) is 8.42 Å². The number of fused-ring (bicyclic) bond motifs is 1. The second kappa shape index (κ2) is 24.0. The Hall–Kier alpha value is -0.390. The average Bonchev–Trinajstić information content (AvgIpc) is 2.94. The van der Waals surface area contributed by atoms with E-state index in [1.165, 1.54) is 133 Å². The number of hydrogen-bond donors (Lipinski definition) is 0. The van der Waals surface area contributed by atoms with Gasteiger partial charge >= 0.3 is 29.6 Å². The molecule has 0 aliphatic carbocycles. The van der Waals surface area contributed by atoms with Crippen LogP contribution in [0.3, 0.4) is 0 Å². The van der Waals surface area contributed by atoms with Gasteiger partial charge in [-0.2, -0.15) is 0 Å². The molecule has 0 aliphatic heterocycles. The molecule has 0 aliphatic rings. The van der Waals surface area contributed by atoms with Crippen LogP contribution in [0.4, 0.5) is 0 Å². The van der Waals surface area contributed by atoms with Crippen molar-refractivity contribution >= 4 is 20.9 Å². The molecular formula is C36H59NaO3S. The third-order valence-electron chi connectivity index (χ3n) is 8.51. The average molecular weight is 595 g/mol. The number of benzene rings is 2. The molecule has 0 radical (unpaired) electrons. The Kier molecular flexibility index (Phi) is 22.6.